The summed E-state index contributed by atoms with van der Waals surface area (Å²) in [7, 11) is 5.38. The number of amides is 1. The number of ether oxygens (including phenoxy) is 1. The molecule has 2 aromatic rings. The van der Waals surface area contributed by atoms with Crippen LogP contribution in [0.5, 0.6) is 5.75 Å². The highest BCUT2D eigenvalue weighted by Gasteiger charge is 2.23. The lowest BCUT2D eigenvalue weighted by Crippen LogP contribution is -2.39. The molecule has 23 heavy (non-hydrogen) atoms. The number of nitrogens with one attached hydrogen (secondary N) is 1. The van der Waals surface area contributed by atoms with E-state index in [1.54, 1.807) is 29.9 Å². The van der Waals surface area contributed by atoms with Crippen molar-refractivity contribution in [3.8, 4) is 5.75 Å². The van der Waals surface area contributed by atoms with Crippen molar-refractivity contribution in [2.45, 2.75) is 13.0 Å². The van der Waals surface area contributed by atoms with E-state index in [9.17, 15) is 4.79 Å². The van der Waals surface area contributed by atoms with E-state index < -0.39 is 6.04 Å². The molecule has 0 saturated carbocycles. The summed E-state index contributed by atoms with van der Waals surface area (Å²) < 4.78 is 7.39. The highest BCUT2D eigenvalue weighted by molar-refractivity contribution is 5.82. The number of likely N-dealkylation sites (N-methyl/N-ethyl adjacent to an activating group) is 2. The van der Waals surface area contributed by atoms with Crippen molar-refractivity contribution in [1.82, 2.24) is 20.0 Å². The van der Waals surface area contributed by atoms with E-state index in [1.807, 2.05) is 44.4 Å². The highest BCUT2D eigenvalue weighted by Crippen LogP contribution is 2.15. The number of carbonyl (C=O) groups is 1. The smallest absolute Gasteiger partial charge is 0.244 e. The molecule has 0 aliphatic carbocycles. The van der Waals surface area contributed by atoms with Crippen molar-refractivity contribution in [1.29, 1.82) is 0 Å². The van der Waals surface area contributed by atoms with Crippen molar-refractivity contribution < 1.29 is 9.53 Å². The zero-order valence-electron chi connectivity index (χ0n) is 14.1. The van der Waals surface area contributed by atoms with Gasteiger partial charge in [0.25, 0.3) is 0 Å². The number of rotatable bonds is 7. The molecule has 0 aliphatic rings. The second-order valence-electron chi connectivity index (χ2n) is 5.59. The average Bonchev–Trinajstić information content (AvgIpc) is 2.94. The van der Waals surface area contributed by atoms with Crippen LogP contribution in [0.2, 0.25) is 0 Å². The van der Waals surface area contributed by atoms with Gasteiger partial charge >= 0.3 is 0 Å². The van der Waals surface area contributed by atoms with Gasteiger partial charge in [0.2, 0.25) is 5.91 Å². The van der Waals surface area contributed by atoms with Gasteiger partial charge in [-0.25, -0.2) is 0 Å². The minimum Gasteiger partial charge on any atom is -0.492 e. The summed E-state index contributed by atoms with van der Waals surface area (Å²) >= 11 is 0. The first-order valence-corrected chi connectivity index (χ1v) is 7.61. The largest absolute Gasteiger partial charge is 0.492 e. The van der Waals surface area contributed by atoms with Gasteiger partial charge in [-0.2, -0.15) is 5.10 Å². The quantitative estimate of drug-likeness (QED) is 0.841. The Labute approximate surface area is 137 Å². The van der Waals surface area contributed by atoms with Gasteiger partial charge in [0.15, 0.2) is 0 Å². The van der Waals surface area contributed by atoms with Crippen LogP contribution in [-0.4, -0.2) is 47.8 Å². The molecule has 2 rings (SSSR count). The van der Waals surface area contributed by atoms with Gasteiger partial charge in [0.05, 0.1) is 12.7 Å². The van der Waals surface area contributed by atoms with Crippen LogP contribution in [0.15, 0.2) is 36.7 Å². The van der Waals surface area contributed by atoms with Gasteiger partial charge in [-0.1, -0.05) is 12.1 Å². The molecule has 1 aromatic heterocycles. The molecule has 0 radical (unpaired) electrons. The van der Waals surface area contributed by atoms with Gasteiger partial charge in [0.1, 0.15) is 18.4 Å². The standard InChI is InChI=1S/C17H24N4O2/c1-13-6-5-7-15(10-13)23-9-8-20(3)17(22)16(18-2)14-11-19-21(4)12-14/h5-7,10-12,16,18H,8-9H2,1-4H3. The number of aromatic nitrogens is 2. The summed E-state index contributed by atoms with van der Waals surface area (Å²) in [5, 5.41) is 7.16. The minimum absolute atomic E-state index is 0.00616. The Morgan fingerprint density at radius 2 is 2.26 bits per heavy atom. The monoisotopic (exact) mass is 316 g/mol. The van der Waals surface area contributed by atoms with Gasteiger partial charge < -0.3 is 15.0 Å². The van der Waals surface area contributed by atoms with Crippen molar-refractivity contribution in [3.05, 3.63) is 47.8 Å². The molecule has 1 heterocycles. The molecule has 0 bridgehead atoms. The second-order valence-corrected chi connectivity index (χ2v) is 5.59. The second kappa shape index (κ2) is 7.78. The van der Waals surface area contributed by atoms with E-state index in [2.05, 4.69) is 10.4 Å². The van der Waals surface area contributed by atoms with E-state index in [4.69, 9.17) is 4.74 Å². The van der Waals surface area contributed by atoms with Crippen LogP contribution >= 0.6 is 0 Å². The maximum atomic E-state index is 12.6. The third kappa shape index (κ3) is 4.56. The van der Waals surface area contributed by atoms with E-state index in [0.717, 1.165) is 16.9 Å². The lowest BCUT2D eigenvalue weighted by atomic mass is 10.1. The summed E-state index contributed by atoms with van der Waals surface area (Å²) in [6, 6.07) is 7.48. The molecule has 6 nitrogen and oxygen atoms in total. The first-order valence-electron chi connectivity index (χ1n) is 7.61. The fraction of sp³-hybridized carbons (Fsp3) is 0.412. The Morgan fingerprint density at radius 3 is 2.87 bits per heavy atom. The first-order chi connectivity index (χ1) is 11.0. The summed E-state index contributed by atoms with van der Waals surface area (Å²) in [6.07, 6.45) is 3.55. The molecule has 0 saturated heterocycles. The van der Waals surface area contributed by atoms with E-state index in [0.29, 0.717) is 13.2 Å². The summed E-state index contributed by atoms with van der Waals surface area (Å²) in [5.41, 5.74) is 2.00. The molecule has 1 aromatic carbocycles. The van der Waals surface area contributed by atoms with Gasteiger partial charge in [-0.05, 0) is 31.7 Å². The number of benzene rings is 1. The molecule has 0 aliphatic heterocycles. The summed E-state index contributed by atoms with van der Waals surface area (Å²) in [5.74, 6) is 0.816. The van der Waals surface area contributed by atoms with Crippen LogP contribution in [0.3, 0.4) is 0 Å². The zero-order chi connectivity index (χ0) is 16.8. The molecule has 1 N–H and O–H groups in total. The number of nitrogens with zero attached hydrogens (tertiary/aromatic N) is 3. The van der Waals surface area contributed by atoms with Gasteiger partial charge in [-0.15, -0.1) is 0 Å². The number of aryl methyl sites for hydroxylation is 2. The first kappa shape index (κ1) is 17.0. The summed E-state index contributed by atoms with van der Waals surface area (Å²) in [6.45, 7) is 2.99. The Bertz CT molecular complexity index is 654. The third-order valence-corrected chi connectivity index (χ3v) is 3.65. The van der Waals surface area contributed by atoms with E-state index in [-0.39, 0.29) is 5.91 Å². The fourth-order valence-corrected chi connectivity index (χ4v) is 2.36. The van der Waals surface area contributed by atoms with Crippen LogP contribution < -0.4 is 10.1 Å². The van der Waals surface area contributed by atoms with Gasteiger partial charge in [0, 0.05) is 25.9 Å². The highest BCUT2D eigenvalue weighted by atomic mass is 16.5. The predicted molar refractivity (Wildman–Crippen MR) is 89.3 cm³/mol. The molecule has 0 fully saturated rings. The molecule has 1 atom stereocenters. The maximum Gasteiger partial charge on any atom is 0.244 e. The molecular formula is C17H24N4O2. The molecule has 1 amide bonds. The van der Waals surface area contributed by atoms with Crippen molar-refractivity contribution in [2.24, 2.45) is 7.05 Å². The fourth-order valence-electron chi connectivity index (χ4n) is 2.36. The normalized spacial score (nSPS) is 12.0. The van der Waals surface area contributed by atoms with Crippen LogP contribution in [0, 0.1) is 6.92 Å². The number of hydrogen-bond donors (Lipinski definition) is 1. The summed E-state index contributed by atoms with van der Waals surface area (Å²) in [4.78, 5) is 14.2. The Morgan fingerprint density at radius 1 is 1.48 bits per heavy atom. The predicted octanol–water partition coefficient (Wildman–Crippen LogP) is 1.53. The SMILES string of the molecule is CNC(C(=O)N(C)CCOc1cccc(C)c1)c1cnn(C)c1. The molecule has 6 heteroatoms. The topological polar surface area (TPSA) is 59.4 Å². The Hall–Kier alpha value is -2.34. The number of hydrogen-bond acceptors (Lipinski definition) is 4. The van der Waals surface area contributed by atoms with Crippen LogP contribution in [-0.2, 0) is 11.8 Å². The van der Waals surface area contributed by atoms with Crippen molar-refractivity contribution >= 4 is 5.91 Å². The van der Waals surface area contributed by atoms with E-state index >= 15 is 0 Å². The molecule has 124 valence electrons. The third-order valence-electron chi connectivity index (χ3n) is 3.65. The minimum atomic E-state index is -0.396. The van der Waals surface area contributed by atoms with E-state index in [1.165, 1.54) is 0 Å². The van der Waals surface area contributed by atoms with Crippen LogP contribution in [0.1, 0.15) is 17.2 Å². The lowest BCUT2D eigenvalue weighted by molar-refractivity contribution is -0.132. The Kier molecular flexibility index (Phi) is 5.76. The molecular weight excluding hydrogens is 292 g/mol. The van der Waals surface area contributed by atoms with Crippen LogP contribution in [0.25, 0.3) is 0 Å². The van der Waals surface area contributed by atoms with Crippen molar-refractivity contribution in [2.75, 3.05) is 27.2 Å². The average molecular weight is 316 g/mol. The van der Waals surface area contributed by atoms with Crippen LogP contribution in [0.4, 0.5) is 0 Å². The maximum absolute atomic E-state index is 12.6. The van der Waals surface area contributed by atoms with Crippen molar-refractivity contribution in [3.63, 3.8) is 0 Å². The number of carbonyl (C=O) groups excluding carboxylic acids is 1. The van der Waals surface area contributed by atoms with Gasteiger partial charge in [-0.3, -0.25) is 9.48 Å². The molecule has 0 spiro atoms. The zero-order valence-corrected chi connectivity index (χ0v) is 14.1. The molecule has 1 unspecified atom stereocenters. The Balaban J connectivity index is 1.88. The lowest BCUT2D eigenvalue weighted by Gasteiger charge is -2.23.